The number of piperidine rings is 1. The second-order valence-corrected chi connectivity index (χ2v) is 11.4. The van der Waals surface area contributed by atoms with E-state index >= 15 is 8.78 Å². The molecule has 3 aliphatic rings. The maximum Gasteiger partial charge on any atom is 0.264 e. The number of thiophene rings is 1. The third kappa shape index (κ3) is 4.92. The highest BCUT2D eigenvalue weighted by Gasteiger charge is 2.38. The molecule has 0 unspecified atom stereocenters. The van der Waals surface area contributed by atoms with Crippen molar-refractivity contribution in [3.05, 3.63) is 58.2 Å². The number of likely N-dealkylation sites (tertiary alicyclic amines) is 1. The Bertz CT molecular complexity index is 1560. The Morgan fingerprint density at radius 3 is 2.73 bits per heavy atom. The van der Waals surface area contributed by atoms with Crippen molar-refractivity contribution in [2.75, 3.05) is 36.7 Å². The first kappa shape index (κ1) is 27.5. The Morgan fingerprint density at radius 1 is 1.17 bits per heavy atom. The maximum absolute atomic E-state index is 15.9. The molecular formula is C28H27F3N6O3S. The molecule has 2 saturated heterocycles. The molecule has 41 heavy (non-hydrogen) atoms. The van der Waals surface area contributed by atoms with E-state index in [4.69, 9.17) is 15.7 Å². The summed E-state index contributed by atoms with van der Waals surface area (Å²) in [7, 11) is 0. The van der Waals surface area contributed by atoms with Gasteiger partial charge in [-0.1, -0.05) is 6.07 Å². The Kier molecular flexibility index (Phi) is 7.35. The molecule has 3 aliphatic heterocycles. The van der Waals surface area contributed by atoms with E-state index in [1.165, 1.54) is 23.2 Å². The second-order valence-electron chi connectivity index (χ2n) is 10.4. The minimum Gasteiger partial charge on any atom is -0.391 e. The van der Waals surface area contributed by atoms with E-state index in [1.54, 1.807) is 17.0 Å². The van der Waals surface area contributed by atoms with Gasteiger partial charge in [0.25, 0.3) is 5.91 Å². The lowest BCUT2D eigenvalue weighted by Gasteiger charge is -2.35. The van der Waals surface area contributed by atoms with Gasteiger partial charge in [-0.05, 0) is 49.1 Å². The zero-order chi connectivity index (χ0) is 28.8. The molecule has 6 rings (SSSR count). The van der Waals surface area contributed by atoms with E-state index in [0.29, 0.717) is 37.2 Å². The first-order chi connectivity index (χ1) is 19.8. The molecule has 0 radical (unpaired) electrons. The number of amides is 1. The Morgan fingerprint density at radius 2 is 2.00 bits per heavy atom. The van der Waals surface area contributed by atoms with Crippen LogP contribution in [0.2, 0.25) is 0 Å². The number of carbonyl (C=O) groups excluding carboxylic acids is 1. The van der Waals surface area contributed by atoms with Crippen molar-refractivity contribution in [2.45, 2.75) is 37.5 Å². The number of nitrogens with one attached hydrogen (secondary N) is 2. The Balaban J connectivity index is 1.46. The van der Waals surface area contributed by atoms with Crippen molar-refractivity contribution in [2.24, 2.45) is 5.73 Å². The number of aliphatic hydroxyl groups excluding tert-OH is 1. The van der Waals surface area contributed by atoms with Crippen LogP contribution in [0.4, 0.5) is 24.5 Å². The van der Waals surface area contributed by atoms with Crippen LogP contribution >= 0.6 is 11.3 Å². The molecule has 0 aliphatic carbocycles. The number of benzene rings is 2. The molecule has 3 atom stereocenters. The van der Waals surface area contributed by atoms with Crippen LogP contribution in [-0.2, 0) is 4.74 Å². The summed E-state index contributed by atoms with van der Waals surface area (Å²) < 4.78 is 51.8. The number of anilines is 2. The van der Waals surface area contributed by atoms with Crippen LogP contribution in [0, 0.1) is 28.8 Å². The van der Waals surface area contributed by atoms with Crippen LogP contribution in [0.1, 0.15) is 34.5 Å². The lowest BCUT2D eigenvalue weighted by molar-refractivity contribution is -0.00794. The van der Waals surface area contributed by atoms with Crippen LogP contribution in [0.15, 0.2) is 30.3 Å². The van der Waals surface area contributed by atoms with Gasteiger partial charge in [-0.3, -0.25) is 9.80 Å². The van der Waals surface area contributed by atoms with Gasteiger partial charge in [-0.15, -0.1) is 16.9 Å². The fraction of sp³-hybridized carbons (Fsp3) is 0.357. The molecular weight excluding hydrogens is 557 g/mol. The van der Waals surface area contributed by atoms with Gasteiger partial charge in [-0.25, -0.2) is 13.2 Å². The normalized spacial score (nSPS) is 22.3. The molecule has 13 heteroatoms. The first-order valence-electron chi connectivity index (χ1n) is 13.2. The monoisotopic (exact) mass is 584 g/mol. The van der Waals surface area contributed by atoms with Crippen LogP contribution < -0.4 is 21.7 Å². The largest absolute Gasteiger partial charge is 0.391 e. The molecule has 2 aromatic carbocycles. The van der Waals surface area contributed by atoms with Crippen LogP contribution in [-0.4, -0.2) is 60.4 Å². The number of hydrogen-bond donors (Lipinski definition) is 4. The molecule has 5 N–H and O–H groups in total. The van der Waals surface area contributed by atoms with Crippen LogP contribution in [0.25, 0.3) is 21.6 Å². The third-order valence-electron chi connectivity index (χ3n) is 7.69. The lowest BCUT2D eigenvalue weighted by atomic mass is 9.99. The summed E-state index contributed by atoms with van der Waals surface area (Å²) in [6.45, 7) is 1.37. The molecule has 1 aromatic heterocycles. The van der Waals surface area contributed by atoms with Crippen molar-refractivity contribution in [3.8, 4) is 27.6 Å². The van der Waals surface area contributed by atoms with Gasteiger partial charge in [0.1, 0.15) is 17.6 Å². The van der Waals surface area contributed by atoms with Crippen molar-refractivity contribution in [3.63, 3.8) is 0 Å². The van der Waals surface area contributed by atoms with Gasteiger partial charge in [0, 0.05) is 41.7 Å². The molecule has 0 saturated carbocycles. The highest BCUT2D eigenvalue weighted by molar-refractivity contribution is 7.18. The minimum absolute atomic E-state index is 0.109. The first-order valence-corrected chi connectivity index (χ1v) is 14.1. The lowest BCUT2D eigenvalue weighted by Crippen LogP contribution is -2.54. The number of hydrazine groups is 2. The number of nitrogens with two attached hydrogens (primary N) is 1. The van der Waals surface area contributed by atoms with Gasteiger partial charge >= 0.3 is 0 Å². The number of ether oxygens (including phenoxy) is 1. The number of aliphatic hydroxyl groups is 1. The molecule has 214 valence electrons. The van der Waals surface area contributed by atoms with Gasteiger partial charge in [0.2, 0.25) is 0 Å². The smallest absolute Gasteiger partial charge is 0.264 e. The summed E-state index contributed by atoms with van der Waals surface area (Å²) in [5, 5.41) is 20.9. The van der Waals surface area contributed by atoms with E-state index in [-0.39, 0.29) is 50.8 Å². The number of fused-ring (bicyclic) bond motifs is 1. The zero-order valence-electron chi connectivity index (χ0n) is 21.8. The van der Waals surface area contributed by atoms with Gasteiger partial charge in [0.05, 0.1) is 34.9 Å². The summed E-state index contributed by atoms with van der Waals surface area (Å²) in [5.74, 6) is -3.40. The van der Waals surface area contributed by atoms with Crippen LogP contribution in [0.5, 0.6) is 0 Å². The Hall–Kier alpha value is -3.67. The predicted octanol–water partition coefficient (Wildman–Crippen LogP) is 3.74. The molecule has 1 amide bonds. The summed E-state index contributed by atoms with van der Waals surface area (Å²) in [4.78, 5) is 15.6. The fourth-order valence-electron chi connectivity index (χ4n) is 5.53. The molecule has 3 aromatic rings. The average molecular weight is 585 g/mol. The molecule has 0 spiro atoms. The Labute approximate surface area is 237 Å². The SMILES string of the molecule is N#Cc1ccc(-c2cc(C(=O)N3CCC[C@@H](N)C3)sc2-c2cc3c(c(F)c2F)N([C@H]2COCC[C@@H]2O)NN3)cc1F. The van der Waals surface area contributed by atoms with Crippen molar-refractivity contribution < 1.29 is 27.8 Å². The number of nitrogens with zero attached hydrogens (tertiary/aromatic N) is 3. The van der Waals surface area contributed by atoms with E-state index in [0.717, 1.165) is 30.2 Å². The quantitative estimate of drug-likeness (QED) is 0.366. The molecule has 4 heterocycles. The third-order valence-corrected chi connectivity index (χ3v) is 8.84. The van der Waals surface area contributed by atoms with E-state index in [9.17, 15) is 14.3 Å². The van der Waals surface area contributed by atoms with E-state index in [1.807, 2.05) is 0 Å². The topological polar surface area (TPSA) is 127 Å². The van der Waals surface area contributed by atoms with Gasteiger partial charge in [0.15, 0.2) is 11.6 Å². The number of hydrogen-bond acceptors (Lipinski definition) is 9. The van der Waals surface area contributed by atoms with Gasteiger partial charge < -0.3 is 25.9 Å². The average Bonchev–Trinajstić information content (AvgIpc) is 3.60. The fourth-order valence-corrected chi connectivity index (χ4v) is 6.69. The molecule has 9 nitrogen and oxygen atoms in total. The van der Waals surface area contributed by atoms with Gasteiger partial charge in [-0.2, -0.15) is 5.26 Å². The molecule has 2 fully saturated rings. The van der Waals surface area contributed by atoms with Crippen LogP contribution in [0.3, 0.4) is 0 Å². The zero-order valence-corrected chi connectivity index (χ0v) is 22.6. The maximum atomic E-state index is 15.9. The highest BCUT2D eigenvalue weighted by atomic mass is 32.1. The number of nitriles is 1. The summed E-state index contributed by atoms with van der Waals surface area (Å²) in [6, 6.07) is 7.86. The van der Waals surface area contributed by atoms with E-state index in [2.05, 4.69) is 11.0 Å². The van der Waals surface area contributed by atoms with Crippen molar-refractivity contribution in [1.29, 1.82) is 5.26 Å². The van der Waals surface area contributed by atoms with E-state index < -0.39 is 29.6 Å². The summed E-state index contributed by atoms with van der Waals surface area (Å²) >= 11 is 0.976. The predicted molar refractivity (Wildman–Crippen MR) is 147 cm³/mol. The van der Waals surface area contributed by atoms with Crippen molar-refractivity contribution >= 4 is 28.6 Å². The minimum atomic E-state index is -1.17. The standard InChI is InChI=1S/C28H27F3N6O3S/c29-19-8-14(3-4-15(19)11-32)17-10-23(28(39)36-6-1-2-16(33)12-36)41-27(17)18-9-20-26(25(31)24(18)30)37(35-34-20)21-13-40-7-5-22(21)38/h3-4,8-10,16,21-22,34-35,38H,1-2,5-7,12-13,33H2/t16-,21+,22+/m1/s1. The highest BCUT2D eigenvalue weighted by Crippen LogP contribution is 2.46. The second kappa shape index (κ2) is 11.0. The summed E-state index contributed by atoms with van der Waals surface area (Å²) in [5.41, 5.74) is 12.1. The number of rotatable bonds is 4. The summed E-state index contributed by atoms with van der Waals surface area (Å²) in [6.07, 6.45) is 1.08. The number of carbonyl (C=O) groups is 1. The molecule has 0 bridgehead atoms. The van der Waals surface area contributed by atoms with Crippen molar-refractivity contribution in [1.82, 2.24) is 10.4 Å². The number of halogens is 3.